The third-order valence-corrected chi connectivity index (χ3v) is 4.38. The molecule has 0 unspecified atom stereocenters. The zero-order chi connectivity index (χ0) is 19.6. The molecule has 2 aromatic rings. The van der Waals surface area contributed by atoms with Gasteiger partial charge >= 0.3 is 0 Å². The average Bonchev–Trinajstić information content (AvgIpc) is 2.91. The van der Waals surface area contributed by atoms with E-state index >= 15 is 0 Å². The average molecular weight is 367 g/mol. The lowest BCUT2D eigenvalue weighted by Gasteiger charge is -2.13. The van der Waals surface area contributed by atoms with Gasteiger partial charge in [-0.2, -0.15) is 0 Å². The Labute approximate surface area is 154 Å². The topological polar surface area (TPSA) is 110 Å². The molecule has 0 aromatic heterocycles. The van der Waals surface area contributed by atoms with E-state index in [1.807, 2.05) is 19.1 Å². The molecular weight excluding hydrogens is 350 g/mol. The minimum Gasteiger partial charge on any atom is -0.326 e. The van der Waals surface area contributed by atoms with Gasteiger partial charge in [0.15, 0.2) is 0 Å². The maximum absolute atomic E-state index is 12.4. The van der Waals surface area contributed by atoms with Gasteiger partial charge in [0.25, 0.3) is 17.5 Å². The molecule has 8 nitrogen and oxygen atoms in total. The molecule has 1 N–H and O–H groups in total. The number of fused-ring (bicyclic) bond motifs is 1. The van der Waals surface area contributed by atoms with E-state index in [1.54, 1.807) is 12.1 Å². The zero-order valence-electron chi connectivity index (χ0n) is 14.6. The number of amides is 3. The van der Waals surface area contributed by atoms with Crippen LogP contribution in [-0.2, 0) is 11.2 Å². The second kappa shape index (κ2) is 7.36. The lowest BCUT2D eigenvalue weighted by Crippen LogP contribution is -2.33. The van der Waals surface area contributed by atoms with E-state index in [0.29, 0.717) is 5.69 Å². The first-order valence-electron chi connectivity index (χ1n) is 8.44. The van der Waals surface area contributed by atoms with E-state index in [0.717, 1.165) is 16.9 Å². The number of imide groups is 1. The van der Waals surface area contributed by atoms with E-state index in [9.17, 15) is 24.5 Å². The Morgan fingerprint density at radius 1 is 1.11 bits per heavy atom. The molecule has 1 aliphatic heterocycles. The summed E-state index contributed by atoms with van der Waals surface area (Å²) in [5.74, 6) is -1.73. The number of anilines is 1. The summed E-state index contributed by atoms with van der Waals surface area (Å²) in [6, 6.07) is 11.3. The van der Waals surface area contributed by atoms with Crippen LogP contribution in [0.2, 0.25) is 0 Å². The molecule has 3 rings (SSSR count). The number of carbonyl (C=O) groups excluding carboxylic acids is 3. The molecule has 3 amide bonds. The summed E-state index contributed by atoms with van der Waals surface area (Å²) >= 11 is 0. The van der Waals surface area contributed by atoms with Crippen molar-refractivity contribution in [1.82, 2.24) is 4.90 Å². The number of hydrogen-bond acceptors (Lipinski definition) is 5. The number of nitrogens with zero attached hydrogens (tertiary/aromatic N) is 2. The molecule has 0 spiro atoms. The molecule has 0 saturated carbocycles. The van der Waals surface area contributed by atoms with Gasteiger partial charge in [-0.25, -0.2) is 0 Å². The van der Waals surface area contributed by atoms with Crippen molar-refractivity contribution >= 4 is 29.1 Å². The monoisotopic (exact) mass is 367 g/mol. The molecule has 27 heavy (non-hydrogen) atoms. The summed E-state index contributed by atoms with van der Waals surface area (Å²) in [5.41, 5.74) is 1.12. The summed E-state index contributed by atoms with van der Waals surface area (Å²) < 4.78 is 0. The van der Waals surface area contributed by atoms with Crippen LogP contribution in [0.4, 0.5) is 11.4 Å². The predicted octanol–water partition coefficient (Wildman–Crippen LogP) is 2.78. The highest BCUT2D eigenvalue weighted by Gasteiger charge is 2.40. The quantitative estimate of drug-likeness (QED) is 0.480. The van der Waals surface area contributed by atoms with Gasteiger partial charge in [-0.15, -0.1) is 0 Å². The molecular formula is C19H17N3O5. The normalized spacial score (nSPS) is 12.9. The van der Waals surface area contributed by atoms with Crippen LogP contribution in [0, 0.1) is 10.1 Å². The lowest BCUT2D eigenvalue weighted by molar-refractivity contribution is -0.385. The molecule has 2 aromatic carbocycles. The third-order valence-electron chi connectivity index (χ3n) is 4.38. The number of hydrogen-bond donors (Lipinski definition) is 1. The Balaban J connectivity index is 1.67. The van der Waals surface area contributed by atoms with Gasteiger partial charge in [0.2, 0.25) is 5.91 Å². The van der Waals surface area contributed by atoms with Crippen molar-refractivity contribution in [2.24, 2.45) is 0 Å². The number of nitro groups is 1. The molecule has 0 aliphatic carbocycles. The van der Waals surface area contributed by atoms with Crippen LogP contribution < -0.4 is 5.32 Å². The summed E-state index contributed by atoms with van der Waals surface area (Å²) in [5, 5.41) is 13.8. The highest BCUT2D eigenvalue weighted by molar-refractivity contribution is 6.23. The number of nitrogens with one attached hydrogen (secondary N) is 1. The van der Waals surface area contributed by atoms with Crippen molar-refractivity contribution in [3.05, 3.63) is 69.3 Å². The van der Waals surface area contributed by atoms with Crippen molar-refractivity contribution in [3.8, 4) is 0 Å². The Hall–Kier alpha value is -3.55. The van der Waals surface area contributed by atoms with Crippen molar-refractivity contribution in [1.29, 1.82) is 0 Å². The second-order valence-corrected chi connectivity index (χ2v) is 6.07. The summed E-state index contributed by atoms with van der Waals surface area (Å²) in [7, 11) is 0. The molecule has 0 radical (unpaired) electrons. The van der Waals surface area contributed by atoms with E-state index < -0.39 is 22.4 Å². The predicted molar refractivity (Wildman–Crippen MR) is 97.5 cm³/mol. The van der Waals surface area contributed by atoms with E-state index in [4.69, 9.17) is 0 Å². The van der Waals surface area contributed by atoms with Crippen molar-refractivity contribution < 1.29 is 19.3 Å². The van der Waals surface area contributed by atoms with Gasteiger partial charge in [0, 0.05) is 24.7 Å². The Bertz CT molecular complexity index is 937. The summed E-state index contributed by atoms with van der Waals surface area (Å²) in [6.45, 7) is 1.88. The molecule has 0 fully saturated rings. The highest BCUT2D eigenvalue weighted by Crippen LogP contribution is 2.30. The van der Waals surface area contributed by atoms with E-state index in [-0.39, 0.29) is 30.0 Å². The number of carbonyl (C=O) groups is 3. The smallest absolute Gasteiger partial charge is 0.282 e. The van der Waals surface area contributed by atoms with Gasteiger partial charge in [-0.3, -0.25) is 29.4 Å². The van der Waals surface area contributed by atoms with Gasteiger partial charge in [0.1, 0.15) is 5.56 Å². The van der Waals surface area contributed by atoms with Crippen molar-refractivity contribution in [2.45, 2.75) is 19.8 Å². The van der Waals surface area contributed by atoms with E-state index in [1.165, 1.54) is 18.2 Å². The second-order valence-electron chi connectivity index (χ2n) is 6.07. The zero-order valence-corrected chi connectivity index (χ0v) is 14.6. The fourth-order valence-electron chi connectivity index (χ4n) is 2.93. The van der Waals surface area contributed by atoms with Crippen molar-refractivity contribution in [2.75, 3.05) is 11.9 Å². The van der Waals surface area contributed by atoms with Gasteiger partial charge in [0.05, 0.1) is 10.5 Å². The maximum atomic E-state index is 12.4. The SMILES string of the molecule is CCc1ccc(NC(=O)CCN2C(=O)c3cccc([N+](=O)[O-])c3C2=O)cc1. The molecule has 0 saturated heterocycles. The summed E-state index contributed by atoms with van der Waals surface area (Å²) in [6.07, 6.45) is 0.787. The minimum absolute atomic E-state index is 0.00948. The van der Waals surface area contributed by atoms with Crippen LogP contribution in [0.5, 0.6) is 0 Å². The molecule has 1 aliphatic rings. The summed E-state index contributed by atoms with van der Waals surface area (Å²) in [4.78, 5) is 48.2. The van der Waals surface area contributed by atoms with Crippen LogP contribution in [0.1, 0.15) is 39.6 Å². The largest absolute Gasteiger partial charge is 0.326 e. The van der Waals surface area contributed by atoms with Crippen LogP contribution in [0.15, 0.2) is 42.5 Å². The third kappa shape index (κ3) is 3.55. The fraction of sp³-hybridized carbons (Fsp3) is 0.211. The number of aryl methyl sites for hydroxylation is 1. The lowest BCUT2D eigenvalue weighted by atomic mass is 10.1. The Morgan fingerprint density at radius 3 is 2.44 bits per heavy atom. The Morgan fingerprint density at radius 2 is 1.81 bits per heavy atom. The highest BCUT2D eigenvalue weighted by atomic mass is 16.6. The molecule has 138 valence electrons. The van der Waals surface area contributed by atoms with Crippen LogP contribution in [0.25, 0.3) is 0 Å². The molecule has 8 heteroatoms. The first-order valence-corrected chi connectivity index (χ1v) is 8.44. The maximum Gasteiger partial charge on any atom is 0.282 e. The van der Waals surface area contributed by atoms with E-state index in [2.05, 4.69) is 5.32 Å². The minimum atomic E-state index is -0.748. The fourth-order valence-corrected chi connectivity index (χ4v) is 2.93. The van der Waals surface area contributed by atoms with Gasteiger partial charge in [-0.05, 0) is 30.2 Å². The number of rotatable bonds is 6. The standard InChI is InChI=1S/C19H17N3O5/c1-2-12-6-8-13(9-7-12)20-16(23)10-11-21-18(24)14-4-3-5-15(22(26)27)17(14)19(21)25/h3-9H,2,10-11H2,1H3,(H,20,23). The first kappa shape index (κ1) is 18.2. The van der Waals surface area contributed by atoms with Crippen LogP contribution in [0.3, 0.4) is 0 Å². The number of benzene rings is 2. The van der Waals surface area contributed by atoms with Gasteiger partial charge < -0.3 is 5.32 Å². The Kier molecular flexibility index (Phi) is 4.98. The molecule has 1 heterocycles. The van der Waals surface area contributed by atoms with Crippen LogP contribution >= 0.6 is 0 Å². The first-order chi connectivity index (χ1) is 12.9. The molecule has 0 atom stereocenters. The van der Waals surface area contributed by atoms with Gasteiger partial charge in [-0.1, -0.05) is 25.1 Å². The van der Waals surface area contributed by atoms with Crippen molar-refractivity contribution in [3.63, 3.8) is 0 Å². The van der Waals surface area contributed by atoms with Crippen LogP contribution in [-0.4, -0.2) is 34.1 Å². The number of nitro benzene ring substituents is 1. The molecule has 0 bridgehead atoms.